The lowest BCUT2D eigenvalue weighted by molar-refractivity contribution is 1.06. The van der Waals surface area contributed by atoms with E-state index in [0.29, 0.717) is 6.54 Å². The highest BCUT2D eigenvalue weighted by atomic mass is 32.2. The maximum atomic E-state index is 5.67. The fraction of sp³-hybridized carbons (Fsp3) is 0.118. The Balaban J connectivity index is 1.76. The maximum absolute atomic E-state index is 5.67. The van der Waals surface area contributed by atoms with Crippen molar-refractivity contribution in [2.75, 3.05) is 0 Å². The molecular formula is C17H16N2S. The normalized spacial score (nSPS) is 10.8. The molecule has 1 heterocycles. The fourth-order valence-corrected chi connectivity index (χ4v) is 3.07. The lowest BCUT2D eigenvalue weighted by atomic mass is 10.1. The van der Waals surface area contributed by atoms with Gasteiger partial charge in [0, 0.05) is 28.8 Å². The number of pyridine rings is 1. The van der Waals surface area contributed by atoms with Gasteiger partial charge in [-0.3, -0.25) is 4.98 Å². The van der Waals surface area contributed by atoms with Gasteiger partial charge in [-0.1, -0.05) is 24.3 Å². The molecular weight excluding hydrogens is 264 g/mol. The summed E-state index contributed by atoms with van der Waals surface area (Å²) in [6, 6.07) is 18.9. The first kappa shape index (κ1) is 13.2. The number of hydrogen-bond donors (Lipinski definition) is 1. The number of nitrogens with zero attached hydrogens (tertiary/aromatic N) is 1. The molecule has 0 fully saturated rings. The Morgan fingerprint density at radius 3 is 2.80 bits per heavy atom. The lowest BCUT2D eigenvalue weighted by Crippen LogP contribution is -1.95. The second kappa shape index (κ2) is 6.07. The third-order valence-electron chi connectivity index (χ3n) is 3.21. The van der Waals surface area contributed by atoms with E-state index in [1.165, 1.54) is 21.4 Å². The summed E-state index contributed by atoms with van der Waals surface area (Å²) in [7, 11) is 0. The zero-order valence-electron chi connectivity index (χ0n) is 11.1. The first-order valence-electron chi connectivity index (χ1n) is 6.60. The van der Waals surface area contributed by atoms with Crippen molar-refractivity contribution in [1.29, 1.82) is 0 Å². The van der Waals surface area contributed by atoms with Crippen LogP contribution in [-0.2, 0) is 12.3 Å². The molecule has 3 heteroatoms. The summed E-state index contributed by atoms with van der Waals surface area (Å²) in [5.41, 5.74) is 9.21. The van der Waals surface area contributed by atoms with Crippen molar-refractivity contribution >= 4 is 22.7 Å². The van der Waals surface area contributed by atoms with E-state index in [-0.39, 0.29) is 0 Å². The van der Waals surface area contributed by atoms with Crippen LogP contribution in [-0.4, -0.2) is 4.98 Å². The Morgan fingerprint density at radius 1 is 0.950 bits per heavy atom. The van der Waals surface area contributed by atoms with Crippen LogP contribution < -0.4 is 5.73 Å². The van der Waals surface area contributed by atoms with Gasteiger partial charge in [0.05, 0.1) is 5.52 Å². The number of rotatable bonds is 4. The summed E-state index contributed by atoms with van der Waals surface area (Å²) in [5, 5.41) is 1.20. The SMILES string of the molecule is NCc1cccc(SCc2ccc3ncccc3c2)c1. The van der Waals surface area contributed by atoms with Crippen LogP contribution in [0.1, 0.15) is 11.1 Å². The van der Waals surface area contributed by atoms with Crippen molar-refractivity contribution in [2.45, 2.75) is 17.2 Å². The quantitative estimate of drug-likeness (QED) is 0.735. The highest BCUT2D eigenvalue weighted by Gasteiger charge is 2.00. The van der Waals surface area contributed by atoms with E-state index in [4.69, 9.17) is 5.73 Å². The van der Waals surface area contributed by atoms with Gasteiger partial charge in [0.1, 0.15) is 0 Å². The molecule has 0 radical (unpaired) electrons. The average molecular weight is 280 g/mol. The zero-order chi connectivity index (χ0) is 13.8. The Hall–Kier alpha value is -1.84. The highest BCUT2D eigenvalue weighted by Crippen LogP contribution is 2.25. The molecule has 0 aliphatic carbocycles. The summed E-state index contributed by atoms with van der Waals surface area (Å²) in [4.78, 5) is 5.61. The lowest BCUT2D eigenvalue weighted by Gasteiger charge is -2.05. The second-order valence-corrected chi connectivity index (χ2v) is 5.72. The largest absolute Gasteiger partial charge is 0.326 e. The smallest absolute Gasteiger partial charge is 0.0702 e. The number of thioether (sulfide) groups is 1. The first-order valence-corrected chi connectivity index (χ1v) is 7.59. The summed E-state index contributed by atoms with van der Waals surface area (Å²) in [6.07, 6.45) is 1.83. The molecule has 0 saturated heterocycles. The molecule has 0 spiro atoms. The zero-order valence-corrected chi connectivity index (χ0v) is 11.9. The predicted molar refractivity (Wildman–Crippen MR) is 85.6 cm³/mol. The third kappa shape index (κ3) is 3.00. The fourth-order valence-electron chi connectivity index (χ4n) is 2.14. The van der Waals surface area contributed by atoms with Crippen LogP contribution in [0.15, 0.2) is 65.7 Å². The minimum Gasteiger partial charge on any atom is -0.326 e. The number of fused-ring (bicyclic) bond motifs is 1. The van der Waals surface area contributed by atoms with E-state index < -0.39 is 0 Å². The van der Waals surface area contributed by atoms with Crippen molar-refractivity contribution < 1.29 is 0 Å². The molecule has 0 aliphatic heterocycles. The molecule has 100 valence electrons. The van der Waals surface area contributed by atoms with Gasteiger partial charge in [0.25, 0.3) is 0 Å². The van der Waals surface area contributed by atoms with Gasteiger partial charge >= 0.3 is 0 Å². The van der Waals surface area contributed by atoms with Gasteiger partial charge in [-0.05, 0) is 41.5 Å². The molecule has 1 aromatic heterocycles. The van der Waals surface area contributed by atoms with Gasteiger partial charge in [-0.15, -0.1) is 11.8 Å². The molecule has 0 amide bonds. The molecule has 0 bridgehead atoms. The van der Waals surface area contributed by atoms with Crippen LogP contribution in [0.25, 0.3) is 10.9 Å². The van der Waals surface area contributed by atoms with E-state index in [2.05, 4.69) is 53.5 Å². The molecule has 0 unspecified atom stereocenters. The van der Waals surface area contributed by atoms with Crippen LogP contribution in [0.2, 0.25) is 0 Å². The molecule has 2 aromatic carbocycles. The van der Waals surface area contributed by atoms with E-state index >= 15 is 0 Å². The Bertz CT molecular complexity index is 725. The van der Waals surface area contributed by atoms with Crippen molar-refractivity contribution in [3.8, 4) is 0 Å². The van der Waals surface area contributed by atoms with E-state index in [0.717, 1.165) is 11.3 Å². The van der Waals surface area contributed by atoms with Crippen LogP contribution >= 0.6 is 11.8 Å². The van der Waals surface area contributed by atoms with Gasteiger partial charge in [0.15, 0.2) is 0 Å². The minimum atomic E-state index is 0.593. The monoisotopic (exact) mass is 280 g/mol. The van der Waals surface area contributed by atoms with E-state index in [9.17, 15) is 0 Å². The van der Waals surface area contributed by atoms with Crippen molar-refractivity contribution in [1.82, 2.24) is 4.98 Å². The molecule has 0 atom stereocenters. The number of hydrogen-bond acceptors (Lipinski definition) is 3. The van der Waals surface area contributed by atoms with Crippen LogP contribution in [0, 0.1) is 0 Å². The van der Waals surface area contributed by atoms with Crippen LogP contribution in [0.5, 0.6) is 0 Å². The van der Waals surface area contributed by atoms with Crippen LogP contribution in [0.4, 0.5) is 0 Å². The number of nitrogens with two attached hydrogens (primary N) is 1. The maximum Gasteiger partial charge on any atom is 0.0702 e. The highest BCUT2D eigenvalue weighted by molar-refractivity contribution is 7.98. The Morgan fingerprint density at radius 2 is 1.90 bits per heavy atom. The molecule has 2 N–H and O–H groups in total. The topological polar surface area (TPSA) is 38.9 Å². The molecule has 0 saturated carbocycles. The molecule has 2 nitrogen and oxygen atoms in total. The molecule has 3 rings (SSSR count). The first-order chi connectivity index (χ1) is 9.85. The third-order valence-corrected chi connectivity index (χ3v) is 4.27. The van der Waals surface area contributed by atoms with Gasteiger partial charge in [-0.2, -0.15) is 0 Å². The van der Waals surface area contributed by atoms with Crippen molar-refractivity contribution in [2.24, 2.45) is 5.73 Å². The number of aromatic nitrogens is 1. The van der Waals surface area contributed by atoms with Gasteiger partial charge in [0.2, 0.25) is 0 Å². The summed E-state index contributed by atoms with van der Waals surface area (Å²) >= 11 is 1.84. The molecule has 20 heavy (non-hydrogen) atoms. The second-order valence-electron chi connectivity index (χ2n) is 4.67. The van der Waals surface area contributed by atoms with E-state index in [1.807, 2.05) is 24.0 Å². The molecule has 3 aromatic rings. The van der Waals surface area contributed by atoms with Crippen molar-refractivity contribution in [3.05, 3.63) is 71.9 Å². The molecule has 0 aliphatic rings. The Labute approximate surface area is 123 Å². The standard InChI is InChI=1S/C17H16N2S/c18-11-13-3-1-5-16(10-13)20-12-14-6-7-17-15(9-14)4-2-8-19-17/h1-10H,11-12,18H2. The summed E-state index contributed by atoms with van der Waals surface area (Å²) < 4.78 is 0. The van der Waals surface area contributed by atoms with Gasteiger partial charge < -0.3 is 5.73 Å². The summed E-state index contributed by atoms with van der Waals surface area (Å²) in [5.74, 6) is 0.957. The average Bonchev–Trinajstić information content (AvgIpc) is 2.53. The van der Waals surface area contributed by atoms with Crippen molar-refractivity contribution in [3.63, 3.8) is 0 Å². The predicted octanol–water partition coefficient (Wildman–Crippen LogP) is 3.99. The van der Waals surface area contributed by atoms with Gasteiger partial charge in [-0.25, -0.2) is 0 Å². The minimum absolute atomic E-state index is 0.593. The van der Waals surface area contributed by atoms with Crippen LogP contribution in [0.3, 0.4) is 0 Å². The van der Waals surface area contributed by atoms with E-state index in [1.54, 1.807) is 0 Å². The summed E-state index contributed by atoms with van der Waals surface area (Å²) in [6.45, 7) is 0.593. The number of benzene rings is 2. The Kier molecular flexibility index (Phi) is 4.00.